The molecule has 2 atom stereocenters. The number of hydrogen-bond donors (Lipinski definition) is 0. The molecule has 3 heterocycles. The van der Waals surface area contributed by atoms with Crippen molar-refractivity contribution in [3.63, 3.8) is 0 Å². The Balaban J connectivity index is 1.68. The average molecular weight is 306 g/mol. The Morgan fingerprint density at radius 2 is 2.23 bits per heavy atom. The van der Waals surface area contributed by atoms with Gasteiger partial charge in [-0.15, -0.1) is 0 Å². The molecule has 1 saturated heterocycles. The van der Waals surface area contributed by atoms with E-state index in [0.717, 1.165) is 45.9 Å². The van der Waals surface area contributed by atoms with Crippen LogP contribution < -0.4 is 0 Å². The van der Waals surface area contributed by atoms with Gasteiger partial charge in [0.25, 0.3) is 0 Å². The number of fused-ring (bicyclic) bond motifs is 1. The Labute approximate surface area is 134 Å². The van der Waals surface area contributed by atoms with Crippen molar-refractivity contribution in [3.05, 3.63) is 18.2 Å². The molecule has 0 spiro atoms. The van der Waals surface area contributed by atoms with Gasteiger partial charge in [0.05, 0.1) is 13.2 Å². The van der Waals surface area contributed by atoms with E-state index >= 15 is 0 Å². The van der Waals surface area contributed by atoms with Crippen molar-refractivity contribution in [2.45, 2.75) is 39.4 Å². The van der Waals surface area contributed by atoms with E-state index < -0.39 is 0 Å². The lowest BCUT2D eigenvalue weighted by molar-refractivity contribution is 0.141. The number of aromatic nitrogens is 2. The highest BCUT2D eigenvalue weighted by Gasteiger charge is 2.26. The molecule has 22 heavy (non-hydrogen) atoms. The fourth-order valence-electron chi connectivity index (χ4n) is 3.59. The van der Waals surface area contributed by atoms with Crippen LogP contribution in [0.1, 0.15) is 26.1 Å². The van der Waals surface area contributed by atoms with Gasteiger partial charge < -0.3 is 14.2 Å². The zero-order valence-corrected chi connectivity index (χ0v) is 14.2. The van der Waals surface area contributed by atoms with Gasteiger partial charge in [-0.2, -0.15) is 0 Å². The third-order valence-electron chi connectivity index (χ3n) is 5.11. The first-order chi connectivity index (χ1) is 10.6. The van der Waals surface area contributed by atoms with Crippen LogP contribution in [0, 0.1) is 11.8 Å². The first-order valence-corrected chi connectivity index (χ1v) is 8.62. The fourth-order valence-corrected chi connectivity index (χ4v) is 3.59. The standard InChI is InChI=1S/C17H30N4O/c1-14(2)19(3)8-16-10-20(9-15-4-7-22-13-15)12-17-18-5-6-21(17)11-16/h5-6,14-16H,4,7-13H2,1-3H3/t15-,16+/m1/s1. The van der Waals surface area contributed by atoms with Crippen LogP contribution in [0.15, 0.2) is 12.4 Å². The fraction of sp³-hybridized carbons (Fsp3) is 0.824. The van der Waals surface area contributed by atoms with E-state index in [9.17, 15) is 0 Å². The van der Waals surface area contributed by atoms with Gasteiger partial charge in [-0.3, -0.25) is 4.90 Å². The highest BCUT2D eigenvalue weighted by atomic mass is 16.5. The normalized spacial score (nSPS) is 26.6. The minimum Gasteiger partial charge on any atom is -0.381 e. The quantitative estimate of drug-likeness (QED) is 0.829. The number of hydrogen-bond acceptors (Lipinski definition) is 4. The molecule has 124 valence electrons. The van der Waals surface area contributed by atoms with Gasteiger partial charge >= 0.3 is 0 Å². The second-order valence-corrected chi connectivity index (χ2v) is 7.32. The molecule has 3 rings (SSSR count). The van der Waals surface area contributed by atoms with Crippen LogP contribution in [0.4, 0.5) is 0 Å². The molecule has 0 unspecified atom stereocenters. The molecule has 0 saturated carbocycles. The van der Waals surface area contributed by atoms with E-state index in [4.69, 9.17) is 4.74 Å². The van der Waals surface area contributed by atoms with Crippen LogP contribution in [0.2, 0.25) is 0 Å². The predicted molar refractivity (Wildman–Crippen MR) is 87.7 cm³/mol. The molecular formula is C17H30N4O. The molecule has 5 nitrogen and oxygen atoms in total. The van der Waals surface area contributed by atoms with Gasteiger partial charge in [0.2, 0.25) is 0 Å². The van der Waals surface area contributed by atoms with Crippen LogP contribution in [-0.2, 0) is 17.8 Å². The summed E-state index contributed by atoms with van der Waals surface area (Å²) < 4.78 is 7.90. The second-order valence-electron chi connectivity index (χ2n) is 7.32. The van der Waals surface area contributed by atoms with E-state index in [0.29, 0.717) is 17.9 Å². The maximum absolute atomic E-state index is 5.55. The lowest BCUT2D eigenvalue weighted by Crippen LogP contribution is -2.39. The predicted octanol–water partition coefficient (Wildman–Crippen LogP) is 1.69. The van der Waals surface area contributed by atoms with Gasteiger partial charge in [0.1, 0.15) is 5.82 Å². The maximum Gasteiger partial charge on any atom is 0.122 e. The minimum absolute atomic E-state index is 0.599. The first kappa shape index (κ1) is 16.0. The third kappa shape index (κ3) is 3.89. The minimum atomic E-state index is 0.599. The Hall–Kier alpha value is -0.910. The Bertz CT molecular complexity index is 440. The van der Waals surface area contributed by atoms with Crippen molar-refractivity contribution < 1.29 is 4.74 Å². The lowest BCUT2D eigenvalue weighted by Gasteiger charge is -2.30. The molecule has 0 aliphatic carbocycles. The zero-order valence-electron chi connectivity index (χ0n) is 14.2. The summed E-state index contributed by atoms with van der Waals surface area (Å²) in [5.41, 5.74) is 0. The molecule has 1 aromatic heterocycles. The highest BCUT2D eigenvalue weighted by Crippen LogP contribution is 2.20. The van der Waals surface area contributed by atoms with Crippen molar-refractivity contribution in [3.8, 4) is 0 Å². The Kier molecular flexibility index (Phi) is 5.16. The summed E-state index contributed by atoms with van der Waals surface area (Å²) in [6, 6.07) is 0.599. The molecule has 1 aromatic rings. The van der Waals surface area contributed by atoms with Crippen molar-refractivity contribution in [2.75, 3.05) is 39.9 Å². The Morgan fingerprint density at radius 3 is 2.95 bits per heavy atom. The molecule has 2 aliphatic rings. The molecule has 0 bridgehead atoms. The summed E-state index contributed by atoms with van der Waals surface area (Å²) in [4.78, 5) is 9.63. The molecule has 0 radical (unpaired) electrons. The van der Waals surface area contributed by atoms with Gasteiger partial charge in [-0.05, 0) is 33.2 Å². The summed E-state index contributed by atoms with van der Waals surface area (Å²) in [5, 5.41) is 0. The topological polar surface area (TPSA) is 33.5 Å². The van der Waals surface area contributed by atoms with Crippen molar-refractivity contribution in [1.29, 1.82) is 0 Å². The molecule has 0 amide bonds. The van der Waals surface area contributed by atoms with Crippen molar-refractivity contribution in [2.24, 2.45) is 11.8 Å². The van der Waals surface area contributed by atoms with E-state index in [1.165, 1.54) is 12.2 Å². The van der Waals surface area contributed by atoms with Crippen LogP contribution in [0.3, 0.4) is 0 Å². The van der Waals surface area contributed by atoms with Crippen LogP contribution in [0.25, 0.3) is 0 Å². The van der Waals surface area contributed by atoms with E-state index in [1.807, 2.05) is 6.20 Å². The molecule has 0 N–H and O–H groups in total. The SMILES string of the molecule is CC(C)N(C)C[C@H]1CN(C[C@H]2CCOC2)Cc2nccn2C1. The highest BCUT2D eigenvalue weighted by molar-refractivity contribution is 4.96. The molecule has 0 aromatic carbocycles. The van der Waals surface area contributed by atoms with Gasteiger partial charge in [-0.25, -0.2) is 4.98 Å². The average Bonchev–Trinajstić information content (AvgIpc) is 3.08. The molecular weight excluding hydrogens is 276 g/mol. The first-order valence-electron chi connectivity index (χ1n) is 8.62. The molecule has 2 aliphatic heterocycles. The van der Waals surface area contributed by atoms with Crippen molar-refractivity contribution >= 4 is 0 Å². The summed E-state index contributed by atoms with van der Waals surface area (Å²) in [6.07, 6.45) is 5.29. The smallest absolute Gasteiger partial charge is 0.122 e. The molecule has 1 fully saturated rings. The van der Waals surface area contributed by atoms with Gasteiger partial charge in [0.15, 0.2) is 0 Å². The monoisotopic (exact) mass is 306 g/mol. The van der Waals surface area contributed by atoms with Gasteiger partial charge in [-0.1, -0.05) is 0 Å². The number of nitrogens with zero attached hydrogens (tertiary/aromatic N) is 4. The third-order valence-corrected chi connectivity index (χ3v) is 5.11. The van der Waals surface area contributed by atoms with E-state index in [-0.39, 0.29) is 0 Å². The van der Waals surface area contributed by atoms with Gasteiger partial charge in [0, 0.05) is 57.1 Å². The summed E-state index contributed by atoms with van der Waals surface area (Å²) in [6.45, 7) is 11.9. The van der Waals surface area contributed by atoms with Crippen LogP contribution in [0.5, 0.6) is 0 Å². The van der Waals surface area contributed by atoms with E-state index in [2.05, 4.69) is 46.4 Å². The number of imidazole rings is 1. The Morgan fingerprint density at radius 1 is 1.36 bits per heavy atom. The number of ether oxygens (including phenoxy) is 1. The van der Waals surface area contributed by atoms with E-state index in [1.54, 1.807) is 0 Å². The molecule has 5 heteroatoms. The summed E-state index contributed by atoms with van der Waals surface area (Å²) in [7, 11) is 2.24. The zero-order chi connectivity index (χ0) is 15.5. The van der Waals surface area contributed by atoms with Crippen LogP contribution >= 0.6 is 0 Å². The lowest BCUT2D eigenvalue weighted by atomic mass is 10.1. The maximum atomic E-state index is 5.55. The number of rotatable bonds is 5. The second kappa shape index (κ2) is 7.11. The summed E-state index contributed by atoms with van der Waals surface area (Å²) >= 11 is 0. The van der Waals surface area contributed by atoms with Crippen LogP contribution in [-0.4, -0.2) is 65.3 Å². The summed E-state index contributed by atoms with van der Waals surface area (Å²) in [5.74, 6) is 2.57. The largest absolute Gasteiger partial charge is 0.381 e. The van der Waals surface area contributed by atoms with Crippen molar-refractivity contribution in [1.82, 2.24) is 19.4 Å².